The van der Waals surface area contributed by atoms with Crippen molar-refractivity contribution in [2.45, 2.75) is 58.9 Å². The summed E-state index contributed by atoms with van der Waals surface area (Å²) in [6.45, 7) is 6.70. The molecule has 0 unspecified atom stereocenters. The predicted octanol–water partition coefficient (Wildman–Crippen LogP) is 5.53. The van der Waals surface area contributed by atoms with Gasteiger partial charge in [0.2, 0.25) is 0 Å². The number of ether oxygens (including phenoxy) is 1. The number of benzene rings is 2. The first-order valence-electron chi connectivity index (χ1n) is 9.86. The summed E-state index contributed by atoms with van der Waals surface area (Å²) in [6, 6.07) is 1.92. The zero-order valence-electron chi connectivity index (χ0n) is 17.2. The molecule has 29 heavy (non-hydrogen) atoms. The fourth-order valence-corrected chi connectivity index (χ4v) is 3.90. The molecule has 2 aromatic rings. The number of esters is 1. The summed E-state index contributed by atoms with van der Waals surface area (Å²) in [6.07, 6.45) is 1.55. The molecule has 0 aromatic heterocycles. The summed E-state index contributed by atoms with van der Waals surface area (Å²) < 4.78 is 50.0. The Bertz CT molecular complexity index is 968. The molecule has 0 aliphatic heterocycles. The first kappa shape index (κ1) is 21.4. The van der Waals surface area contributed by atoms with E-state index in [1.165, 1.54) is 13.0 Å². The molecule has 1 saturated carbocycles. The molecule has 1 atom stereocenters. The Morgan fingerprint density at radius 2 is 1.76 bits per heavy atom. The maximum atomic E-state index is 15.5. The van der Waals surface area contributed by atoms with Gasteiger partial charge in [-0.3, -0.25) is 4.79 Å². The van der Waals surface area contributed by atoms with Gasteiger partial charge in [0.15, 0.2) is 0 Å². The number of nitrogens with two attached hydrogens (primary N) is 1. The van der Waals surface area contributed by atoms with Gasteiger partial charge in [0, 0.05) is 17.2 Å². The molecule has 3 nitrogen and oxygen atoms in total. The van der Waals surface area contributed by atoms with E-state index >= 15 is 4.39 Å². The summed E-state index contributed by atoms with van der Waals surface area (Å²) in [5, 5.41) is 0. The predicted molar refractivity (Wildman–Crippen MR) is 106 cm³/mol. The highest BCUT2D eigenvalue weighted by atomic mass is 19.1. The second-order valence-corrected chi connectivity index (χ2v) is 7.77. The third kappa shape index (κ3) is 4.04. The summed E-state index contributed by atoms with van der Waals surface area (Å²) in [5.41, 5.74) is 7.98. The Morgan fingerprint density at radius 3 is 2.34 bits per heavy atom. The van der Waals surface area contributed by atoms with Crippen LogP contribution >= 0.6 is 0 Å². The van der Waals surface area contributed by atoms with Crippen molar-refractivity contribution in [2.75, 3.05) is 6.61 Å². The van der Waals surface area contributed by atoms with Crippen LogP contribution < -0.4 is 5.73 Å². The number of hydrogen-bond acceptors (Lipinski definition) is 3. The summed E-state index contributed by atoms with van der Waals surface area (Å²) >= 11 is 0. The molecule has 2 N–H and O–H groups in total. The van der Waals surface area contributed by atoms with Gasteiger partial charge in [0.05, 0.1) is 13.0 Å². The molecular formula is C23H26F3NO2. The fourth-order valence-electron chi connectivity index (χ4n) is 3.90. The van der Waals surface area contributed by atoms with Crippen LogP contribution in [0, 0.1) is 38.2 Å². The Hall–Kier alpha value is -2.34. The van der Waals surface area contributed by atoms with Crippen molar-refractivity contribution in [3.63, 3.8) is 0 Å². The van der Waals surface area contributed by atoms with Crippen molar-refractivity contribution in [1.29, 1.82) is 0 Å². The lowest BCUT2D eigenvalue weighted by atomic mass is 9.88. The minimum absolute atomic E-state index is 0.0921. The van der Waals surface area contributed by atoms with Gasteiger partial charge in [-0.25, -0.2) is 13.2 Å². The number of carbonyl (C=O) groups excluding carboxylic acids is 1. The van der Waals surface area contributed by atoms with Gasteiger partial charge >= 0.3 is 5.97 Å². The Morgan fingerprint density at radius 1 is 1.10 bits per heavy atom. The van der Waals surface area contributed by atoms with Crippen LogP contribution in [-0.2, 0) is 9.53 Å². The van der Waals surface area contributed by atoms with E-state index in [0.717, 1.165) is 18.4 Å². The van der Waals surface area contributed by atoms with Crippen LogP contribution in [-0.4, -0.2) is 12.6 Å². The van der Waals surface area contributed by atoms with Gasteiger partial charge in [-0.15, -0.1) is 0 Å². The molecule has 0 saturated heterocycles. The minimum atomic E-state index is -1.20. The van der Waals surface area contributed by atoms with E-state index in [2.05, 4.69) is 0 Å². The fraction of sp³-hybridized carbons (Fsp3) is 0.435. The van der Waals surface area contributed by atoms with Gasteiger partial charge in [-0.1, -0.05) is 6.07 Å². The first-order valence-corrected chi connectivity index (χ1v) is 9.86. The van der Waals surface area contributed by atoms with Crippen molar-refractivity contribution in [3.05, 3.63) is 57.4 Å². The highest BCUT2D eigenvalue weighted by Crippen LogP contribution is 2.45. The van der Waals surface area contributed by atoms with Gasteiger partial charge < -0.3 is 10.5 Å². The molecule has 0 amide bonds. The van der Waals surface area contributed by atoms with E-state index in [4.69, 9.17) is 10.5 Å². The third-order valence-electron chi connectivity index (χ3n) is 5.49. The van der Waals surface area contributed by atoms with E-state index in [1.807, 2.05) is 0 Å². The lowest BCUT2D eigenvalue weighted by molar-refractivity contribution is -0.143. The van der Waals surface area contributed by atoms with Gasteiger partial charge in [-0.05, 0) is 80.3 Å². The molecule has 1 aliphatic rings. The first-order chi connectivity index (χ1) is 13.7. The minimum Gasteiger partial charge on any atom is -0.466 e. The van der Waals surface area contributed by atoms with Gasteiger partial charge in [-0.2, -0.15) is 0 Å². The standard InChI is InChI=1S/C23H26F3NO2/c1-5-29-18(28)10-17(27)20-21(24)12(3)9-16(23(20)26)19-11(2)8-15(14-6-7-14)22(25)13(19)4/h8-9,14,17H,5-7,10,27H2,1-4H3/t17-/m0/s1. The van der Waals surface area contributed by atoms with Crippen LogP contribution in [0.4, 0.5) is 13.2 Å². The highest BCUT2D eigenvalue weighted by Gasteiger charge is 2.30. The monoisotopic (exact) mass is 405 g/mol. The Kier molecular flexibility index (Phi) is 6.03. The molecule has 6 heteroatoms. The molecule has 3 rings (SSSR count). The van der Waals surface area contributed by atoms with Crippen molar-refractivity contribution in [2.24, 2.45) is 5.73 Å². The largest absolute Gasteiger partial charge is 0.466 e. The number of hydrogen-bond donors (Lipinski definition) is 1. The molecule has 0 radical (unpaired) electrons. The van der Waals surface area contributed by atoms with E-state index in [9.17, 15) is 13.6 Å². The van der Waals surface area contributed by atoms with Crippen molar-refractivity contribution in [3.8, 4) is 11.1 Å². The van der Waals surface area contributed by atoms with Gasteiger partial charge in [0.25, 0.3) is 0 Å². The highest BCUT2D eigenvalue weighted by molar-refractivity contribution is 5.75. The second kappa shape index (κ2) is 8.19. The zero-order valence-corrected chi connectivity index (χ0v) is 17.2. The van der Waals surface area contributed by atoms with Crippen LogP contribution in [0.25, 0.3) is 11.1 Å². The summed E-state index contributed by atoms with van der Waals surface area (Å²) in [7, 11) is 0. The molecule has 156 valence electrons. The van der Waals surface area contributed by atoms with Crippen LogP contribution in [0.15, 0.2) is 12.1 Å². The molecule has 0 spiro atoms. The topological polar surface area (TPSA) is 52.3 Å². The van der Waals surface area contributed by atoms with E-state index in [1.54, 1.807) is 26.8 Å². The summed E-state index contributed by atoms with van der Waals surface area (Å²) in [5.74, 6) is -2.42. The number of rotatable bonds is 6. The van der Waals surface area contributed by atoms with Crippen LogP contribution in [0.2, 0.25) is 0 Å². The molecule has 2 aromatic carbocycles. The quantitative estimate of drug-likeness (QED) is 0.643. The molecule has 1 aliphatic carbocycles. The van der Waals surface area contributed by atoms with Crippen molar-refractivity contribution in [1.82, 2.24) is 0 Å². The SMILES string of the molecule is CCOC(=O)C[C@H](N)c1c(F)c(C)cc(-c2c(C)cc(C3CC3)c(F)c2C)c1F. The average molecular weight is 405 g/mol. The molecule has 1 fully saturated rings. The van der Waals surface area contributed by atoms with Gasteiger partial charge in [0.1, 0.15) is 17.5 Å². The van der Waals surface area contributed by atoms with Crippen molar-refractivity contribution < 1.29 is 22.7 Å². The normalized spacial score (nSPS) is 14.8. The van der Waals surface area contributed by atoms with Crippen LogP contribution in [0.3, 0.4) is 0 Å². The number of halogens is 3. The number of aryl methyl sites for hydroxylation is 2. The van der Waals surface area contributed by atoms with Crippen LogP contribution in [0.5, 0.6) is 0 Å². The van der Waals surface area contributed by atoms with Crippen molar-refractivity contribution >= 4 is 5.97 Å². The molecule has 0 bridgehead atoms. The second-order valence-electron chi connectivity index (χ2n) is 7.77. The zero-order chi connectivity index (χ0) is 21.5. The Balaban J connectivity index is 2.13. The van der Waals surface area contributed by atoms with E-state index in [-0.39, 0.29) is 41.5 Å². The third-order valence-corrected chi connectivity index (χ3v) is 5.49. The smallest absolute Gasteiger partial charge is 0.307 e. The maximum Gasteiger partial charge on any atom is 0.307 e. The lowest BCUT2D eigenvalue weighted by Gasteiger charge is -2.20. The molecular weight excluding hydrogens is 379 g/mol. The maximum absolute atomic E-state index is 15.5. The Labute approximate surface area is 169 Å². The lowest BCUT2D eigenvalue weighted by Crippen LogP contribution is -2.21. The van der Waals surface area contributed by atoms with E-state index < -0.39 is 23.6 Å². The van der Waals surface area contributed by atoms with E-state index in [0.29, 0.717) is 16.7 Å². The average Bonchev–Trinajstić information content (AvgIpc) is 3.47. The molecule has 0 heterocycles. The van der Waals surface area contributed by atoms with Crippen LogP contribution in [0.1, 0.15) is 66.0 Å². The number of carbonyl (C=O) groups is 1. The summed E-state index contributed by atoms with van der Waals surface area (Å²) in [4.78, 5) is 11.8.